The van der Waals surface area contributed by atoms with E-state index in [1.54, 1.807) is 0 Å². The van der Waals surface area contributed by atoms with Crippen molar-refractivity contribution >= 4 is 10.0 Å². The van der Waals surface area contributed by atoms with Crippen LogP contribution in [0, 0.1) is 0 Å². The Morgan fingerprint density at radius 2 is 1.94 bits per heavy atom. The van der Waals surface area contributed by atoms with Gasteiger partial charge in [0.15, 0.2) is 0 Å². The van der Waals surface area contributed by atoms with Crippen molar-refractivity contribution in [3.8, 4) is 0 Å². The predicted octanol–water partition coefficient (Wildman–Crippen LogP) is -0.0817. The first-order valence-electron chi connectivity index (χ1n) is 5.91. The van der Waals surface area contributed by atoms with E-state index in [1.807, 2.05) is 0 Å². The summed E-state index contributed by atoms with van der Waals surface area (Å²) in [5.74, 6) is 0. The third-order valence-corrected chi connectivity index (χ3v) is 4.89. The molecule has 94 valence electrons. The maximum Gasteiger partial charge on any atom is 0.212 e. The molecule has 2 N–H and O–H groups in total. The van der Waals surface area contributed by atoms with Crippen LogP contribution in [-0.2, 0) is 14.8 Å². The van der Waals surface area contributed by atoms with Crippen LogP contribution >= 0.6 is 0 Å². The van der Waals surface area contributed by atoms with Crippen LogP contribution in [0.4, 0.5) is 0 Å². The van der Waals surface area contributed by atoms with Gasteiger partial charge in [0.25, 0.3) is 0 Å². The minimum atomic E-state index is -3.33. The van der Waals surface area contributed by atoms with Crippen LogP contribution in [-0.4, -0.2) is 50.9 Å². The van der Waals surface area contributed by atoms with Crippen LogP contribution in [0.3, 0.4) is 0 Å². The van der Waals surface area contributed by atoms with Crippen LogP contribution in [0.5, 0.6) is 0 Å². The number of rotatable bonds is 3. The van der Waals surface area contributed by atoms with Gasteiger partial charge in [-0.2, -0.15) is 0 Å². The zero-order chi connectivity index (χ0) is 11.6. The van der Waals surface area contributed by atoms with Crippen LogP contribution in [0.25, 0.3) is 0 Å². The number of sulfonamides is 1. The van der Waals surface area contributed by atoms with E-state index in [2.05, 4.69) is 4.90 Å². The van der Waals surface area contributed by atoms with Gasteiger partial charge in [-0.15, -0.1) is 0 Å². The molecule has 0 spiro atoms. The fourth-order valence-electron chi connectivity index (χ4n) is 2.50. The third-order valence-electron chi connectivity index (χ3n) is 3.49. The van der Waals surface area contributed by atoms with Crippen LogP contribution < -0.4 is 5.14 Å². The molecule has 0 saturated carbocycles. The van der Waals surface area contributed by atoms with Crippen LogP contribution in [0.2, 0.25) is 0 Å². The normalized spacial score (nSPS) is 29.7. The van der Waals surface area contributed by atoms with Gasteiger partial charge in [-0.05, 0) is 38.8 Å². The van der Waals surface area contributed by atoms with E-state index in [1.165, 1.54) is 0 Å². The van der Waals surface area contributed by atoms with Gasteiger partial charge in [-0.1, -0.05) is 0 Å². The van der Waals surface area contributed by atoms with E-state index in [0.29, 0.717) is 18.9 Å². The minimum Gasteiger partial charge on any atom is -0.377 e. The van der Waals surface area contributed by atoms with E-state index in [-0.39, 0.29) is 5.25 Å². The van der Waals surface area contributed by atoms with Gasteiger partial charge >= 0.3 is 0 Å². The minimum absolute atomic E-state index is 0.340. The molecule has 0 aromatic carbocycles. The molecular weight excluding hydrogens is 228 g/mol. The fraction of sp³-hybridized carbons (Fsp3) is 1.00. The largest absolute Gasteiger partial charge is 0.377 e. The first-order chi connectivity index (χ1) is 7.55. The van der Waals surface area contributed by atoms with Crippen molar-refractivity contribution in [2.75, 3.05) is 26.2 Å². The highest BCUT2D eigenvalue weighted by Crippen LogP contribution is 2.19. The van der Waals surface area contributed by atoms with Crippen molar-refractivity contribution in [1.29, 1.82) is 0 Å². The van der Waals surface area contributed by atoms with E-state index >= 15 is 0 Å². The summed E-state index contributed by atoms with van der Waals surface area (Å²) in [5, 5.41) is 4.81. The predicted molar refractivity (Wildman–Crippen MR) is 61.5 cm³/mol. The van der Waals surface area contributed by atoms with Crippen molar-refractivity contribution < 1.29 is 13.2 Å². The Labute approximate surface area is 97.0 Å². The quantitative estimate of drug-likeness (QED) is 0.758. The summed E-state index contributed by atoms with van der Waals surface area (Å²) < 4.78 is 27.9. The molecule has 6 heteroatoms. The van der Waals surface area contributed by atoms with Gasteiger partial charge in [-0.3, -0.25) is 0 Å². The second kappa shape index (κ2) is 5.00. The first kappa shape index (κ1) is 12.3. The summed E-state index contributed by atoms with van der Waals surface area (Å²) in [4.78, 5) is 2.29. The molecule has 2 aliphatic rings. The lowest BCUT2D eigenvalue weighted by Gasteiger charge is -2.32. The highest BCUT2D eigenvalue weighted by Gasteiger charge is 2.28. The molecule has 0 aromatic heterocycles. The van der Waals surface area contributed by atoms with E-state index in [4.69, 9.17) is 9.88 Å². The lowest BCUT2D eigenvalue weighted by Crippen LogP contribution is -2.44. The van der Waals surface area contributed by atoms with Gasteiger partial charge in [0, 0.05) is 13.2 Å². The molecule has 2 saturated heterocycles. The number of primary sulfonamides is 1. The Kier molecular flexibility index (Phi) is 3.84. The average molecular weight is 248 g/mol. The summed E-state index contributed by atoms with van der Waals surface area (Å²) in [6, 6.07) is 0. The molecule has 16 heavy (non-hydrogen) atoms. The third kappa shape index (κ3) is 3.16. The lowest BCUT2D eigenvalue weighted by atomic mass is 10.1. The number of likely N-dealkylation sites (tertiary alicyclic amines) is 1. The fourth-order valence-corrected chi connectivity index (χ4v) is 3.36. The van der Waals surface area contributed by atoms with Gasteiger partial charge in [0.1, 0.15) is 0 Å². The number of hydrogen-bond donors (Lipinski definition) is 1. The molecule has 2 aliphatic heterocycles. The highest BCUT2D eigenvalue weighted by molar-refractivity contribution is 7.89. The molecule has 0 radical (unpaired) electrons. The van der Waals surface area contributed by atoms with E-state index < -0.39 is 10.0 Å². The molecule has 2 fully saturated rings. The summed E-state index contributed by atoms with van der Waals surface area (Å²) in [5.41, 5.74) is 0. The summed E-state index contributed by atoms with van der Waals surface area (Å²) in [7, 11) is -3.33. The highest BCUT2D eigenvalue weighted by atomic mass is 32.2. The zero-order valence-electron chi connectivity index (χ0n) is 9.47. The summed E-state index contributed by atoms with van der Waals surface area (Å²) in [6.07, 6.45) is 3.95. The number of hydrogen-bond acceptors (Lipinski definition) is 4. The van der Waals surface area contributed by atoms with E-state index in [0.717, 1.165) is 39.1 Å². The van der Waals surface area contributed by atoms with Crippen LogP contribution in [0.1, 0.15) is 25.7 Å². The Hall–Kier alpha value is -0.170. The van der Waals surface area contributed by atoms with Crippen molar-refractivity contribution in [2.24, 2.45) is 5.14 Å². The van der Waals surface area contributed by atoms with Crippen LogP contribution in [0.15, 0.2) is 0 Å². The van der Waals surface area contributed by atoms with Crippen molar-refractivity contribution in [3.05, 3.63) is 0 Å². The monoisotopic (exact) mass is 248 g/mol. The van der Waals surface area contributed by atoms with Crippen molar-refractivity contribution in [3.63, 3.8) is 0 Å². The standard InChI is InChI=1S/C10H20N2O3S/c11-16(13,14)10-3-5-12(6-4-10)8-9-2-1-7-15-9/h9-10H,1-8H2,(H2,11,13,14). The molecule has 2 heterocycles. The van der Waals surface area contributed by atoms with E-state index in [9.17, 15) is 8.42 Å². The smallest absolute Gasteiger partial charge is 0.212 e. The van der Waals surface area contributed by atoms with Gasteiger partial charge < -0.3 is 9.64 Å². The van der Waals surface area contributed by atoms with Crippen molar-refractivity contribution in [1.82, 2.24) is 4.90 Å². The number of piperidine rings is 1. The maximum absolute atomic E-state index is 11.2. The maximum atomic E-state index is 11.2. The number of nitrogens with zero attached hydrogens (tertiary/aromatic N) is 1. The Bertz CT molecular complexity index is 317. The van der Waals surface area contributed by atoms with Gasteiger partial charge in [-0.25, -0.2) is 13.6 Å². The van der Waals surface area contributed by atoms with Gasteiger partial charge in [0.05, 0.1) is 11.4 Å². The average Bonchev–Trinajstić information content (AvgIpc) is 2.70. The topological polar surface area (TPSA) is 72.6 Å². The van der Waals surface area contributed by atoms with Crippen molar-refractivity contribution in [2.45, 2.75) is 37.0 Å². The SMILES string of the molecule is NS(=O)(=O)C1CCN(CC2CCCO2)CC1. The lowest BCUT2D eigenvalue weighted by molar-refractivity contribution is 0.0670. The summed E-state index contributed by atoms with van der Waals surface area (Å²) >= 11 is 0. The second-order valence-electron chi connectivity index (χ2n) is 4.72. The number of ether oxygens (including phenoxy) is 1. The molecule has 1 unspecified atom stereocenters. The Balaban J connectivity index is 1.76. The molecule has 1 atom stereocenters. The zero-order valence-corrected chi connectivity index (χ0v) is 10.3. The first-order valence-corrected chi connectivity index (χ1v) is 7.52. The second-order valence-corrected chi connectivity index (χ2v) is 6.57. The Morgan fingerprint density at radius 1 is 1.25 bits per heavy atom. The molecular formula is C10H20N2O3S. The molecule has 5 nitrogen and oxygen atoms in total. The summed E-state index contributed by atoms with van der Waals surface area (Å²) in [6.45, 7) is 3.46. The number of nitrogens with two attached hydrogens (primary N) is 1. The molecule has 0 aromatic rings. The Morgan fingerprint density at radius 3 is 2.44 bits per heavy atom. The molecule has 2 rings (SSSR count). The molecule has 0 bridgehead atoms. The molecule has 0 amide bonds. The molecule has 0 aliphatic carbocycles. The van der Waals surface area contributed by atoms with Gasteiger partial charge in [0.2, 0.25) is 10.0 Å².